The van der Waals surface area contributed by atoms with E-state index in [4.69, 9.17) is 11.1 Å². The molecular formula is C16H19F2N5O3S. The summed E-state index contributed by atoms with van der Waals surface area (Å²) in [7, 11) is -2.62. The summed E-state index contributed by atoms with van der Waals surface area (Å²) in [5.41, 5.74) is 4.77. The summed E-state index contributed by atoms with van der Waals surface area (Å²) >= 11 is 0. The van der Waals surface area contributed by atoms with Gasteiger partial charge >= 0.3 is 11.3 Å². The van der Waals surface area contributed by atoms with Crippen LogP contribution in [0.15, 0.2) is 45.3 Å². The van der Waals surface area contributed by atoms with Crippen molar-refractivity contribution in [1.82, 2.24) is 9.88 Å². The molecule has 0 spiro atoms. The van der Waals surface area contributed by atoms with Crippen molar-refractivity contribution in [2.45, 2.75) is 23.0 Å². The number of hydrogen-bond acceptors (Lipinski definition) is 5. The van der Waals surface area contributed by atoms with Crippen molar-refractivity contribution in [2.75, 3.05) is 13.1 Å². The van der Waals surface area contributed by atoms with Gasteiger partial charge in [0, 0.05) is 37.5 Å². The number of alkyl halides is 2. The number of hydrogen-bond donors (Lipinski definition) is 3. The molecule has 1 aliphatic heterocycles. The monoisotopic (exact) mass is 399 g/mol. The Kier molecular flexibility index (Phi) is 6.72. The maximum Gasteiger partial charge on any atom is 0.344 e. The summed E-state index contributed by atoms with van der Waals surface area (Å²) in [5.74, 6) is -1.18. The number of piperidine rings is 1. The van der Waals surface area contributed by atoms with Gasteiger partial charge in [0.1, 0.15) is 10.8 Å². The minimum absolute atomic E-state index is 0.0308. The maximum absolute atomic E-state index is 14.6. The van der Waals surface area contributed by atoms with E-state index < -0.39 is 33.6 Å². The Morgan fingerprint density at radius 3 is 2.59 bits per heavy atom. The molecule has 1 fully saturated rings. The number of urea groups is 1. The van der Waals surface area contributed by atoms with Gasteiger partial charge in [-0.25, -0.2) is 9.00 Å². The number of amides is 2. The van der Waals surface area contributed by atoms with Crippen LogP contribution >= 0.6 is 0 Å². The van der Waals surface area contributed by atoms with Gasteiger partial charge in [-0.3, -0.25) is 4.79 Å². The van der Waals surface area contributed by atoms with Crippen LogP contribution in [-0.4, -0.2) is 50.4 Å². The number of pyridine rings is 1. The minimum atomic E-state index is -3.50. The van der Waals surface area contributed by atoms with E-state index in [1.807, 2.05) is 0 Å². The molecule has 8 nitrogen and oxygen atoms in total. The van der Waals surface area contributed by atoms with Gasteiger partial charge < -0.3 is 21.0 Å². The Labute approximate surface area is 156 Å². The smallest absolute Gasteiger partial charge is 0.344 e. The predicted octanol–water partition coefficient (Wildman–Crippen LogP) is 1.47. The van der Waals surface area contributed by atoms with Crippen LogP contribution in [0.3, 0.4) is 0 Å². The van der Waals surface area contributed by atoms with Crippen molar-refractivity contribution in [3.05, 3.63) is 41.0 Å². The Balaban J connectivity index is 2.04. The Hall–Kier alpha value is -2.69. The zero-order chi connectivity index (χ0) is 20.0. The molecule has 1 saturated heterocycles. The van der Waals surface area contributed by atoms with E-state index in [0.29, 0.717) is 0 Å². The lowest BCUT2D eigenvalue weighted by molar-refractivity contribution is 0.00483. The largest absolute Gasteiger partial charge is 0.405 e. The van der Waals surface area contributed by atoms with Gasteiger partial charge in [0.15, 0.2) is 0 Å². The standard InChI is InChI=1S/C16H19F2N5O3S/c17-16(18,27(26)13-1-2-14(24)21-10-13)11-4-7-23(8-5-11)15(25)22-12(9-20)3-6-19/h1-3,6,9-11,20H,4-5,7-8,19H2,(H,21,24). The van der Waals surface area contributed by atoms with E-state index >= 15 is 0 Å². The molecule has 1 aromatic heterocycles. The maximum atomic E-state index is 14.6. The number of likely N-dealkylation sites (tertiary alicyclic amines) is 1. The molecule has 0 aromatic carbocycles. The fourth-order valence-corrected chi connectivity index (χ4v) is 3.83. The summed E-state index contributed by atoms with van der Waals surface area (Å²) in [6.45, 7) is 0.0616. The number of nitrogens with one attached hydrogen (secondary N) is 2. The number of nitrogens with two attached hydrogens (primary N) is 1. The number of nitrogens with zero attached hydrogens (tertiary/aromatic N) is 2. The number of aromatic nitrogens is 1. The average molecular weight is 399 g/mol. The van der Waals surface area contributed by atoms with E-state index in [2.05, 4.69) is 9.98 Å². The number of aromatic amines is 1. The average Bonchev–Trinajstić information content (AvgIpc) is 2.67. The lowest BCUT2D eigenvalue weighted by atomic mass is 9.97. The molecule has 146 valence electrons. The van der Waals surface area contributed by atoms with Crippen LogP contribution in [0.25, 0.3) is 0 Å². The van der Waals surface area contributed by atoms with Gasteiger partial charge in [0.2, 0.25) is 5.56 Å². The van der Waals surface area contributed by atoms with Crippen molar-refractivity contribution >= 4 is 28.8 Å². The zero-order valence-electron chi connectivity index (χ0n) is 14.2. The molecule has 0 aliphatic carbocycles. The van der Waals surface area contributed by atoms with E-state index in [-0.39, 0.29) is 36.5 Å². The summed E-state index contributed by atoms with van der Waals surface area (Å²) in [6.07, 6.45) is 4.19. The van der Waals surface area contributed by atoms with Crippen molar-refractivity contribution < 1.29 is 17.8 Å². The van der Waals surface area contributed by atoms with E-state index in [1.54, 1.807) is 0 Å². The summed E-state index contributed by atoms with van der Waals surface area (Å²) < 4.78 is 41.5. The topological polar surface area (TPSA) is 132 Å². The Morgan fingerprint density at radius 2 is 2.07 bits per heavy atom. The number of carbonyl (C=O) groups excluding carboxylic acids is 1. The summed E-state index contributed by atoms with van der Waals surface area (Å²) in [4.78, 5) is 30.1. The van der Waals surface area contributed by atoms with Crippen LogP contribution in [-0.2, 0) is 10.8 Å². The first-order chi connectivity index (χ1) is 12.8. The van der Waals surface area contributed by atoms with Crippen molar-refractivity contribution in [3.63, 3.8) is 0 Å². The summed E-state index contributed by atoms with van der Waals surface area (Å²) in [5, 5.41) is 3.64. The van der Waals surface area contributed by atoms with E-state index in [0.717, 1.165) is 30.7 Å². The number of halogens is 2. The lowest BCUT2D eigenvalue weighted by Gasteiger charge is -2.34. The number of carbonyl (C=O) groups is 1. The van der Waals surface area contributed by atoms with Crippen LogP contribution in [0.1, 0.15) is 12.8 Å². The highest BCUT2D eigenvalue weighted by atomic mass is 32.2. The quantitative estimate of drug-likeness (QED) is 0.647. The predicted molar refractivity (Wildman–Crippen MR) is 97.7 cm³/mol. The second kappa shape index (κ2) is 8.80. The SMILES string of the molecule is N=CC(C=CN)=NC(=O)N1CCC(C(F)(F)S(=O)c2ccc(=O)[nH]c2)CC1. The normalized spacial score (nSPS) is 17.9. The van der Waals surface area contributed by atoms with Crippen molar-refractivity contribution in [1.29, 1.82) is 5.41 Å². The number of rotatable bonds is 5. The molecule has 1 aliphatic rings. The van der Waals surface area contributed by atoms with Crippen LogP contribution in [0.2, 0.25) is 0 Å². The third-order valence-corrected chi connectivity index (χ3v) is 5.61. The number of aliphatic imine (C=N–C) groups is 1. The number of allylic oxidation sites excluding steroid dienone is 1. The van der Waals surface area contributed by atoms with Gasteiger partial charge in [-0.2, -0.15) is 13.8 Å². The van der Waals surface area contributed by atoms with Gasteiger partial charge in [-0.1, -0.05) is 0 Å². The van der Waals surface area contributed by atoms with Crippen molar-refractivity contribution in [3.8, 4) is 0 Å². The first kappa shape index (κ1) is 20.6. The molecule has 1 aromatic rings. The second-order valence-electron chi connectivity index (χ2n) is 5.80. The highest BCUT2D eigenvalue weighted by Crippen LogP contribution is 2.38. The third kappa shape index (κ3) is 4.94. The van der Waals surface area contributed by atoms with Crippen molar-refractivity contribution in [2.24, 2.45) is 16.6 Å². The molecule has 11 heteroatoms. The van der Waals surface area contributed by atoms with E-state index in [1.165, 1.54) is 11.0 Å². The molecule has 0 bridgehead atoms. The molecule has 0 radical (unpaired) electrons. The third-order valence-electron chi connectivity index (χ3n) is 4.10. The molecular weight excluding hydrogens is 380 g/mol. The Morgan fingerprint density at radius 1 is 1.41 bits per heavy atom. The lowest BCUT2D eigenvalue weighted by Crippen LogP contribution is -2.44. The molecule has 1 atom stereocenters. The fraction of sp³-hybridized carbons (Fsp3) is 0.375. The zero-order valence-corrected chi connectivity index (χ0v) is 15.0. The van der Waals surface area contributed by atoms with Gasteiger partial charge in [-0.15, -0.1) is 0 Å². The van der Waals surface area contributed by atoms with Crippen LogP contribution in [0.5, 0.6) is 0 Å². The highest BCUT2D eigenvalue weighted by molar-refractivity contribution is 7.86. The molecule has 2 amide bonds. The molecule has 2 rings (SSSR count). The molecule has 1 unspecified atom stereocenters. The van der Waals surface area contributed by atoms with Crippen LogP contribution in [0, 0.1) is 11.3 Å². The number of H-pyrrole nitrogens is 1. The van der Waals surface area contributed by atoms with Gasteiger partial charge in [0.25, 0.3) is 0 Å². The fourth-order valence-electron chi connectivity index (χ4n) is 2.62. The van der Waals surface area contributed by atoms with Crippen LogP contribution in [0.4, 0.5) is 13.6 Å². The molecule has 27 heavy (non-hydrogen) atoms. The van der Waals surface area contributed by atoms with Gasteiger partial charge in [-0.05, 0) is 31.2 Å². The highest BCUT2D eigenvalue weighted by Gasteiger charge is 2.47. The minimum Gasteiger partial charge on any atom is -0.405 e. The Bertz CT molecular complexity index is 824. The summed E-state index contributed by atoms with van der Waals surface area (Å²) in [6, 6.07) is 1.51. The molecule has 4 N–H and O–H groups in total. The first-order valence-electron chi connectivity index (χ1n) is 8.04. The first-order valence-corrected chi connectivity index (χ1v) is 9.19. The molecule has 2 heterocycles. The van der Waals surface area contributed by atoms with E-state index in [9.17, 15) is 22.6 Å². The second-order valence-corrected chi connectivity index (χ2v) is 7.36. The van der Waals surface area contributed by atoms with Gasteiger partial charge in [0.05, 0.1) is 10.6 Å². The van der Waals surface area contributed by atoms with Crippen LogP contribution < -0.4 is 11.3 Å². The molecule has 0 saturated carbocycles.